The molecule has 1 saturated heterocycles. The third-order valence-corrected chi connectivity index (χ3v) is 8.42. The number of hydrogen-bond acceptors (Lipinski definition) is 10. The van der Waals surface area contributed by atoms with E-state index in [1.54, 1.807) is 44.7 Å². The fourth-order valence-electron chi connectivity index (χ4n) is 5.28. The number of likely N-dealkylation sites (tertiary alicyclic amines) is 1. The smallest absolute Gasteiger partial charge is 0.421 e. The normalized spacial score (nSPS) is 13.1. The number of rotatable bonds is 14. The summed E-state index contributed by atoms with van der Waals surface area (Å²) in [7, 11) is 3.18. The van der Waals surface area contributed by atoms with Crippen LogP contribution in [0.15, 0.2) is 83.9 Å². The van der Waals surface area contributed by atoms with Crippen LogP contribution in [0.2, 0.25) is 0 Å². The summed E-state index contributed by atoms with van der Waals surface area (Å²) in [5.41, 5.74) is 1.48. The predicted molar refractivity (Wildman–Crippen MR) is 182 cm³/mol. The molecule has 0 aliphatic carbocycles. The summed E-state index contributed by atoms with van der Waals surface area (Å²) >= 11 is 1.50. The van der Waals surface area contributed by atoms with Crippen molar-refractivity contribution in [3.8, 4) is 23.0 Å². The van der Waals surface area contributed by atoms with E-state index in [2.05, 4.69) is 15.2 Å². The lowest BCUT2D eigenvalue weighted by Crippen LogP contribution is -2.34. The van der Waals surface area contributed by atoms with Gasteiger partial charge < -0.3 is 29.2 Å². The Bertz CT molecular complexity index is 1580. The highest BCUT2D eigenvalue weighted by Gasteiger charge is 2.24. The van der Waals surface area contributed by atoms with E-state index in [1.807, 2.05) is 54.8 Å². The Morgan fingerprint density at radius 2 is 1.78 bits per heavy atom. The average Bonchev–Trinajstić information content (AvgIpc) is 3.10. The number of amides is 1. The largest absolute Gasteiger partial charge is 0.497 e. The monoisotopic (exact) mass is 643 g/mol. The molecule has 0 atom stereocenters. The molecule has 2 heterocycles. The average molecular weight is 644 g/mol. The Labute approximate surface area is 275 Å². The first-order valence-corrected chi connectivity index (χ1v) is 16.7. The van der Waals surface area contributed by atoms with Crippen molar-refractivity contribution in [1.29, 1.82) is 0 Å². The first kappa shape index (κ1) is 32.9. The molecule has 5 rings (SSSR count). The molecule has 4 aromatic rings. The lowest BCUT2D eigenvalue weighted by Gasteiger charge is -2.26. The molecule has 3 aromatic carbocycles. The Morgan fingerprint density at radius 1 is 0.935 bits per heavy atom. The topological polar surface area (TPSA) is 98.3 Å². The Kier molecular flexibility index (Phi) is 12.0. The van der Waals surface area contributed by atoms with Crippen LogP contribution >= 0.6 is 11.8 Å². The van der Waals surface area contributed by atoms with Gasteiger partial charge in [-0.15, -0.1) is 11.8 Å². The van der Waals surface area contributed by atoms with Crippen LogP contribution in [-0.2, 0) is 6.54 Å². The highest BCUT2D eigenvalue weighted by atomic mass is 32.2. The van der Waals surface area contributed by atoms with Gasteiger partial charge in [0.25, 0.3) is 0 Å². The van der Waals surface area contributed by atoms with Gasteiger partial charge in [0.05, 0.1) is 27.4 Å². The van der Waals surface area contributed by atoms with Gasteiger partial charge in [-0.2, -0.15) is 4.98 Å². The van der Waals surface area contributed by atoms with Crippen molar-refractivity contribution >= 4 is 35.3 Å². The fraction of sp³-hybridized carbons (Fsp3) is 0.343. The van der Waals surface area contributed by atoms with E-state index >= 15 is 0 Å². The highest BCUT2D eigenvalue weighted by Crippen LogP contribution is 2.31. The number of nitrogens with one attached hydrogen (secondary N) is 1. The van der Waals surface area contributed by atoms with Gasteiger partial charge in [-0.3, -0.25) is 4.90 Å². The summed E-state index contributed by atoms with van der Waals surface area (Å²) in [6, 6.07) is 22.2. The standard InChI is InChI=1S/C35H41N5O5S/c1-42-28-15-16-30(43-2)26(23-28)25-40(35(41)45-31-13-5-6-14-32(31)46-3)33-17-18-36-34(38-33)37-27-11-9-12-29(24-27)44-22-10-21-39-19-7-4-8-20-39/h5-6,9,11-18,23-24H,4,7-8,10,19-22,25H2,1-3H3,(H,36,37,38). The molecular formula is C35H41N5O5S. The van der Waals surface area contributed by atoms with Crippen LogP contribution in [0.1, 0.15) is 31.2 Å². The van der Waals surface area contributed by atoms with Gasteiger partial charge in [0.2, 0.25) is 5.95 Å². The number of carbonyl (C=O) groups is 1. The minimum Gasteiger partial charge on any atom is -0.497 e. The highest BCUT2D eigenvalue weighted by molar-refractivity contribution is 7.98. The summed E-state index contributed by atoms with van der Waals surface area (Å²) in [5.74, 6) is 3.13. The van der Waals surface area contributed by atoms with Crippen molar-refractivity contribution < 1.29 is 23.7 Å². The minimum atomic E-state index is -0.601. The number of anilines is 3. The third kappa shape index (κ3) is 9.04. The van der Waals surface area contributed by atoms with E-state index in [1.165, 1.54) is 49.0 Å². The molecule has 1 fully saturated rings. The summed E-state index contributed by atoms with van der Waals surface area (Å²) in [6.45, 7) is 4.19. The van der Waals surface area contributed by atoms with Gasteiger partial charge in [0.15, 0.2) is 0 Å². The summed E-state index contributed by atoms with van der Waals surface area (Å²) in [5, 5.41) is 3.26. The lowest BCUT2D eigenvalue weighted by molar-refractivity contribution is 0.205. The van der Waals surface area contributed by atoms with Crippen LogP contribution in [-0.4, -0.2) is 67.7 Å². The van der Waals surface area contributed by atoms with Gasteiger partial charge in [0, 0.05) is 35.0 Å². The zero-order valence-electron chi connectivity index (χ0n) is 26.6. The van der Waals surface area contributed by atoms with Crippen molar-refractivity contribution in [3.05, 3.63) is 84.6 Å². The molecule has 1 aliphatic heterocycles. The first-order chi connectivity index (χ1) is 22.6. The summed E-state index contributed by atoms with van der Waals surface area (Å²) in [6.07, 6.45) is 7.83. The fourth-order valence-corrected chi connectivity index (χ4v) is 5.81. The number of thioether (sulfide) groups is 1. The zero-order chi connectivity index (χ0) is 32.1. The van der Waals surface area contributed by atoms with E-state index in [4.69, 9.17) is 23.9 Å². The molecule has 1 N–H and O–H groups in total. The molecule has 0 radical (unpaired) electrons. The Hall–Kier alpha value is -4.48. The van der Waals surface area contributed by atoms with Crippen LogP contribution in [0, 0.1) is 0 Å². The number of benzene rings is 3. The number of carbonyl (C=O) groups excluding carboxylic acids is 1. The molecule has 0 bridgehead atoms. The predicted octanol–water partition coefficient (Wildman–Crippen LogP) is 7.42. The molecule has 46 heavy (non-hydrogen) atoms. The molecule has 0 unspecified atom stereocenters. The van der Waals surface area contributed by atoms with E-state index < -0.39 is 6.09 Å². The van der Waals surface area contributed by atoms with Crippen LogP contribution in [0.25, 0.3) is 0 Å². The van der Waals surface area contributed by atoms with E-state index in [0.717, 1.165) is 34.9 Å². The summed E-state index contributed by atoms with van der Waals surface area (Å²) in [4.78, 5) is 27.7. The number of nitrogens with zero attached hydrogens (tertiary/aromatic N) is 4. The molecular weight excluding hydrogens is 602 g/mol. The third-order valence-electron chi connectivity index (χ3n) is 7.65. The van der Waals surface area contributed by atoms with Crippen LogP contribution in [0.4, 0.5) is 22.2 Å². The molecule has 1 aliphatic rings. The van der Waals surface area contributed by atoms with Crippen LogP contribution in [0.3, 0.4) is 0 Å². The molecule has 0 saturated carbocycles. The van der Waals surface area contributed by atoms with Gasteiger partial charge in [0.1, 0.15) is 28.8 Å². The lowest BCUT2D eigenvalue weighted by atomic mass is 10.1. The Balaban J connectivity index is 1.33. The summed E-state index contributed by atoms with van der Waals surface area (Å²) < 4.78 is 23.0. The van der Waals surface area contributed by atoms with E-state index in [9.17, 15) is 4.79 Å². The van der Waals surface area contributed by atoms with Gasteiger partial charge in [-0.25, -0.2) is 9.78 Å². The zero-order valence-corrected chi connectivity index (χ0v) is 27.4. The van der Waals surface area contributed by atoms with E-state index in [-0.39, 0.29) is 6.54 Å². The number of piperidine rings is 1. The van der Waals surface area contributed by atoms with Crippen molar-refractivity contribution in [2.24, 2.45) is 0 Å². The quantitative estimate of drug-likeness (QED) is 0.110. The maximum atomic E-state index is 13.8. The van der Waals surface area contributed by atoms with Gasteiger partial charge in [-0.05, 0) is 87.1 Å². The number of para-hydroxylation sites is 1. The minimum absolute atomic E-state index is 0.109. The molecule has 242 valence electrons. The number of hydrogen-bond donors (Lipinski definition) is 1. The molecule has 1 aromatic heterocycles. The van der Waals surface area contributed by atoms with Crippen molar-refractivity contribution in [2.45, 2.75) is 37.1 Å². The maximum Gasteiger partial charge on any atom is 0.421 e. The van der Waals surface area contributed by atoms with Crippen molar-refractivity contribution in [3.63, 3.8) is 0 Å². The van der Waals surface area contributed by atoms with Gasteiger partial charge >= 0.3 is 6.09 Å². The number of methoxy groups -OCH3 is 2. The maximum absolute atomic E-state index is 13.8. The van der Waals surface area contributed by atoms with E-state index in [0.29, 0.717) is 35.6 Å². The van der Waals surface area contributed by atoms with Crippen molar-refractivity contribution in [2.75, 3.05) is 56.9 Å². The number of ether oxygens (including phenoxy) is 4. The second-order valence-electron chi connectivity index (χ2n) is 10.8. The first-order valence-electron chi connectivity index (χ1n) is 15.4. The SMILES string of the molecule is COc1ccc(OC)c(CN(C(=O)Oc2ccccc2SC)c2ccnc(Nc3cccc(OCCCN4CCCCC4)c3)n2)c1. The van der Waals surface area contributed by atoms with Crippen LogP contribution < -0.4 is 29.2 Å². The van der Waals surface area contributed by atoms with Gasteiger partial charge in [-0.1, -0.05) is 24.6 Å². The second-order valence-corrected chi connectivity index (χ2v) is 11.6. The molecule has 1 amide bonds. The second kappa shape index (κ2) is 16.7. The molecule has 10 nitrogen and oxygen atoms in total. The molecule has 0 spiro atoms. The van der Waals surface area contributed by atoms with Crippen LogP contribution in [0.5, 0.6) is 23.0 Å². The van der Waals surface area contributed by atoms with Crippen molar-refractivity contribution in [1.82, 2.24) is 14.9 Å². The number of aromatic nitrogens is 2. The Morgan fingerprint density at radius 3 is 2.59 bits per heavy atom. The molecule has 11 heteroatoms.